The van der Waals surface area contributed by atoms with Gasteiger partial charge in [0, 0.05) is 18.5 Å². The number of carbonyl (C=O) groups excluding carboxylic acids is 7. The maximum absolute atomic E-state index is 13.7. The van der Waals surface area contributed by atoms with Crippen LogP contribution < -0.4 is 31.4 Å². The van der Waals surface area contributed by atoms with E-state index in [1.54, 1.807) is 91.1 Å². The Kier molecular flexibility index (Phi) is 17.7. The minimum Gasteiger partial charge on any atom is -0.462 e. The number of esters is 1. The van der Waals surface area contributed by atoms with Crippen molar-refractivity contribution in [3.05, 3.63) is 34.5 Å². The number of ether oxygens (including phenoxy) is 4. The zero-order chi connectivity index (χ0) is 50.9. The molecule has 1 aliphatic heterocycles. The topological polar surface area (TPSA) is 276 Å². The number of hydrogen-bond donors (Lipinski definition) is 5. The molecule has 4 heterocycles. The Hall–Kier alpha value is -6.37. The molecule has 1 fully saturated rings. The number of anilines is 1. The molecule has 1 saturated heterocycles. The normalized spacial score (nSPS) is 15.3. The number of thiazole rings is 2. The van der Waals surface area contributed by atoms with Crippen molar-refractivity contribution < 1.29 is 62.0 Å². The van der Waals surface area contributed by atoms with E-state index in [-0.39, 0.29) is 61.1 Å². The van der Waals surface area contributed by atoms with Gasteiger partial charge in [0.15, 0.2) is 17.9 Å². The van der Waals surface area contributed by atoms with Crippen molar-refractivity contribution in [1.82, 2.24) is 41.0 Å². The van der Waals surface area contributed by atoms with Crippen LogP contribution in [0.1, 0.15) is 105 Å². The highest BCUT2D eigenvalue weighted by molar-refractivity contribution is 7.16. The van der Waals surface area contributed by atoms with Crippen LogP contribution in [0.5, 0.6) is 0 Å². The van der Waals surface area contributed by atoms with Crippen molar-refractivity contribution >= 4 is 75.5 Å². The summed E-state index contributed by atoms with van der Waals surface area (Å²) in [5.41, 5.74) is -1.21. The lowest BCUT2D eigenvalue weighted by atomic mass is 9.90. The van der Waals surface area contributed by atoms with E-state index >= 15 is 0 Å². The molecule has 2 atom stereocenters. The van der Waals surface area contributed by atoms with E-state index in [1.165, 1.54) is 25.4 Å². The lowest BCUT2D eigenvalue weighted by molar-refractivity contribution is -0.753. The Bertz CT molecular complexity index is 2350. The molecule has 3 aromatic rings. The van der Waals surface area contributed by atoms with Crippen LogP contribution in [-0.2, 0) is 51.8 Å². The van der Waals surface area contributed by atoms with Gasteiger partial charge in [0.2, 0.25) is 17.7 Å². The molecule has 0 aliphatic carbocycles. The van der Waals surface area contributed by atoms with E-state index in [0.717, 1.165) is 27.7 Å². The fourth-order valence-electron chi connectivity index (χ4n) is 5.66. The number of hydrogen-bond acceptors (Lipinski definition) is 17. The predicted molar refractivity (Wildman–Crippen MR) is 249 cm³/mol. The molecule has 23 nitrogen and oxygen atoms in total. The Morgan fingerprint density at radius 2 is 1.57 bits per heavy atom. The third-order valence-corrected chi connectivity index (χ3v) is 10.7. The van der Waals surface area contributed by atoms with Crippen LogP contribution in [-0.4, -0.2) is 122 Å². The quantitative estimate of drug-likeness (QED) is 0.0316. The first kappa shape index (κ1) is 54.2. The highest BCUT2D eigenvalue weighted by Gasteiger charge is 2.40. The van der Waals surface area contributed by atoms with Crippen LogP contribution in [0, 0.1) is 11.8 Å². The third kappa shape index (κ3) is 16.7. The van der Waals surface area contributed by atoms with Crippen LogP contribution in [0.15, 0.2) is 29.1 Å². The largest absolute Gasteiger partial charge is 0.462 e. The number of aryl methyl sites for hydroxylation is 1. The number of hydrazine groups is 1. The zero-order valence-corrected chi connectivity index (χ0v) is 42.6. The summed E-state index contributed by atoms with van der Waals surface area (Å²) in [5.74, 6) is -3.01. The molecular formula is C43H64N11O12S2+. The van der Waals surface area contributed by atoms with E-state index in [4.69, 9.17) is 23.8 Å². The summed E-state index contributed by atoms with van der Waals surface area (Å²) in [7, 11) is 1.78. The van der Waals surface area contributed by atoms with Crippen molar-refractivity contribution in [2.75, 3.05) is 31.6 Å². The molecule has 0 radical (unpaired) electrons. The molecule has 5 N–H and O–H groups in total. The standard InChI is InChI=1S/C43H63N11O12S2/c1-24(2)22-62-35(58)43(12,13)66-51-30(28-23-67-36(48-28)49-37(59)63-40(3,4)5)33(57)44-17-26-27(47-31(26)55)18-45-32(56)29-19-46-34(68-29)25-20-52(14)53(21-25)15-16-54(39(61)65-42(9,10)11)50-38(60)64-41(6,7)8/h19-21,23-24,26-27H,15-18,22H2,1-14H3,(H4-,44,45,47,48,49,50,55,56,57,59,60)/p+1/b51-30-/t26-,27+/m0/s1. The van der Waals surface area contributed by atoms with Crippen LogP contribution in [0.4, 0.5) is 19.5 Å². The Balaban J connectivity index is 1.39. The summed E-state index contributed by atoms with van der Waals surface area (Å²) in [4.78, 5) is 105. The molecule has 0 bridgehead atoms. The van der Waals surface area contributed by atoms with Gasteiger partial charge in [-0.25, -0.2) is 39.6 Å². The Labute approximate surface area is 403 Å². The summed E-state index contributed by atoms with van der Waals surface area (Å²) in [6, 6.07) is -0.549. The van der Waals surface area contributed by atoms with Crippen LogP contribution >= 0.6 is 22.7 Å². The van der Waals surface area contributed by atoms with Crippen LogP contribution in [0.25, 0.3) is 10.6 Å². The van der Waals surface area contributed by atoms with E-state index in [2.05, 4.69) is 41.8 Å². The maximum atomic E-state index is 13.7. The first-order valence-electron chi connectivity index (χ1n) is 21.7. The molecule has 0 spiro atoms. The maximum Gasteiger partial charge on any atom is 0.429 e. The number of oxime groups is 1. The van der Waals surface area contributed by atoms with E-state index in [1.807, 2.05) is 13.8 Å². The number of amides is 6. The van der Waals surface area contributed by atoms with Crippen molar-refractivity contribution in [2.45, 2.75) is 125 Å². The van der Waals surface area contributed by atoms with Gasteiger partial charge in [-0.1, -0.05) is 19.0 Å². The molecule has 374 valence electrons. The number of carbonyl (C=O) groups is 7. The monoisotopic (exact) mass is 990 g/mol. The summed E-state index contributed by atoms with van der Waals surface area (Å²) >= 11 is 2.12. The molecule has 25 heteroatoms. The van der Waals surface area contributed by atoms with Crippen molar-refractivity contribution in [1.29, 1.82) is 0 Å². The van der Waals surface area contributed by atoms with Crippen molar-refractivity contribution in [3.8, 4) is 10.6 Å². The lowest BCUT2D eigenvalue weighted by Gasteiger charge is -2.36. The fourth-order valence-corrected chi connectivity index (χ4v) is 7.15. The highest BCUT2D eigenvalue weighted by atomic mass is 32.1. The molecule has 0 unspecified atom stereocenters. The van der Waals surface area contributed by atoms with E-state index in [0.29, 0.717) is 15.4 Å². The Morgan fingerprint density at radius 1 is 0.926 bits per heavy atom. The van der Waals surface area contributed by atoms with Crippen LogP contribution in [0.3, 0.4) is 0 Å². The van der Waals surface area contributed by atoms with Gasteiger partial charge in [-0.05, 0) is 82.1 Å². The van der Waals surface area contributed by atoms with Crippen LogP contribution in [0.2, 0.25) is 0 Å². The first-order chi connectivity index (χ1) is 31.4. The second-order valence-corrected chi connectivity index (χ2v) is 21.5. The highest BCUT2D eigenvalue weighted by Crippen LogP contribution is 2.25. The van der Waals surface area contributed by atoms with Crippen molar-refractivity contribution in [2.24, 2.45) is 24.0 Å². The SMILES string of the molecule is CC(C)COC(=O)C(C)(C)O/N=C(\C(=O)NC[C@@H]1C(=O)N[C@@H]1CNC(=O)c1cnc(-c2cn(CCN(NC(=O)OC(C)(C)C)C(=O)OC(C)(C)C)[n+](C)c2)s1)c1csc(NC(=O)OC(C)(C)C)n1. The second-order valence-electron chi connectivity index (χ2n) is 19.6. The van der Waals surface area contributed by atoms with Gasteiger partial charge in [0.05, 0.1) is 49.6 Å². The summed E-state index contributed by atoms with van der Waals surface area (Å²) < 4.78 is 25.0. The molecular weight excluding hydrogens is 927 g/mol. The average molecular weight is 991 g/mol. The van der Waals surface area contributed by atoms with Gasteiger partial charge in [-0.2, -0.15) is 4.68 Å². The molecule has 4 rings (SSSR count). The molecule has 68 heavy (non-hydrogen) atoms. The third-order valence-electron chi connectivity index (χ3n) is 8.88. The minimum atomic E-state index is -1.61. The number of β-lactam (4-membered cyclic amide) rings is 1. The number of nitrogens with zero attached hydrogens (tertiary/aromatic N) is 6. The zero-order valence-electron chi connectivity index (χ0n) is 41.0. The second kappa shape index (κ2) is 22.2. The minimum absolute atomic E-state index is 0.00142. The fraction of sp³-hybridized carbons (Fsp3) is 0.605. The molecule has 0 aromatic carbocycles. The predicted octanol–water partition coefficient (Wildman–Crippen LogP) is 4.28. The first-order valence-corrected chi connectivity index (χ1v) is 23.4. The number of nitrogens with one attached hydrogen (secondary N) is 5. The van der Waals surface area contributed by atoms with E-state index < -0.39 is 70.4 Å². The summed E-state index contributed by atoms with van der Waals surface area (Å²) in [6.07, 6.45) is 2.65. The van der Waals surface area contributed by atoms with Gasteiger partial charge in [0.1, 0.15) is 32.4 Å². The molecule has 3 aromatic heterocycles. The van der Waals surface area contributed by atoms with E-state index in [9.17, 15) is 33.6 Å². The Morgan fingerprint density at radius 3 is 2.19 bits per heavy atom. The number of aromatic nitrogens is 4. The summed E-state index contributed by atoms with van der Waals surface area (Å²) in [5, 5.41) is 17.9. The smallest absolute Gasteiger partial charge is 0.429 e. The van der Waals surface area contributed by atoms with Crippen molar-refractivity contribution in [3.63, 3.8) is 0 Å². The van der Waals surface area contributed by atoms with Gasteiger partial charge in [-0.3, -0.25) is 19.7 Å². The summed E-state index contributed by atoms with van der Waals surface area (Å²) in [6.45, 7) is 22.2. The average Bonchev–Trinajstić information content (AvgIpc) is 3.95. The molecule has 6 amide bonds. The van der Waals surface area contributed by atoms with Gasteiger partial charge < -0.3 is 39.7 Å². The van der Waals surface area contributed by atoms with Gasteiger partial charge in [-0.15, -0.1) is 27.4 Å². The molecule has 1 aliphatic rings. The van der Waals surface area contributed by atoms with Gasteiger partial charge >= 0.3 is 24.2 Å². The molecule has 0 saturated carbocycles. The lowest BCUT2D eigenvalue weighted by Crippen LogP contribution is -2.65. The van der Waals surface area contributed by atoms with Gasteiger partial charge in [0.25, 0.3) is 11.8 Å². The number of rotatable bonds is 17.